The molecule has 1 aliphatic heterocycles. The molecule has 0 aliphatic carbocycles. The first-order chi connectivity index (χ1) is 13.7. The number of rotatable bonds is 5. The minimum Gasteiger partial charge on any atom is -0.348 e. The smallest absolute Gasteiger partial charge is 0.261 e. The SMILES string of the molecule is O=C1c2ccccc2C(=O)N1CCn1cc(Cc2ncc[nH]2)c2ccccc21. The number of fused-ring (bicyclic) bond motifs is 2. The van der Waals surface area contributed by atoms with E-state index in [4.69, 9.17) is 0 Å². The Bertz CT molecular complexity index is 1160. The van der Waals surface area contributed by atoms with Crippen molar-refractivity contribution in [2.75, 3.05) is 6.54 Å². The summed E-state index contributed by atoms with van der Waals surface area (Å²) >= 11 is 0. The Morgan fingerprint density at radius 2 is 1.61 bits per heavy atom. The van der Waals surface area contributed by atoms with E-state index in [1.54, 1.807) is 30.5 Å². The number of nitrogens with one attached hydrogen (secondary N) is 1. The van der Waals surface area contributed by atoms with Gasteiger partial charge in [-0.2, -0.15) is 0 Å². The Morgan fingerprint density at radius 1 is 0.893 bits per heavy atom. The average Bonchev–Trinajstić information content (AvgIpc) is 3.41. The third-order valence-corrected chi connectivity index (χ3v) is 5.23. The summed E-state index contributed by atoms with van der Waals surface area (Å²) in [5, 5.41) is 1.15. The minimum atomic E-state index is -0.215. The third kappa shape index (κ3) is 2.62. The van der Waals surface area contributed by atoms with Crippen molar-refractivity contribution in [3.63, 3.8) is 0 Å². The zero-order chi connectivity index (χ0) is 19.1. The van der Waals surface area contributed by atoms with E-state index < -0.39 is 0 Å². The summed E-state index contributed by atoms with van der Waals surface area (Å²) in [4.78, 5) is 34.0. The van der Waals surface area contributed by atoms with Gasteiger partial charge in [-0.1, -0.05) is 30.3 Å². The number of hydrogen-bond donors (Lipinski definition) is 1. The van der Waals surface area contributed by atoms with Crippen LogP contribution in [0.2, 0.25) is 0 Å². The second-order valence-corrected chi connectivity index (χ2v) is 6.89. The zero-order valence-electron chi connectivity index (χ0n) is 15.1. The van der Waals surface area contributed by atoms with Gasteiger partial charge < -0.3 is 9.55 Å². The van der Waals surface area contributed by atoms with Crippen LogP contribution in [0.5, 0.6) is 0 Å². The van der Waals surface area contributed by atoms with Crippen molar-refractivity contribution < 1.29 is 9.59 Å². The number of benzene rings is 2. The topological polar surface area (TPSA) is 71.0 Å². The molecule has 5 rings (SSSR count). The number of carbonyl (C=O) groups excluding carboxylic acids is 2. The number of para-hydroxylation sites is 1. The number of nitrogens with zero attached hydrogens (tertiary/aromatic N) is 3. The molecule has 0 radical (unpaired) electrons. The predicted octanol–water partition coefficient (Wildman–Crippen LogP) is 3.25. The molecule has 1 N–H and O–H groups in total. The Labute approximate surface area is 161 Å². The Kier molecular flexibility index (Phi) is 3.83. The zero-order valence-corrected chi connectivity index (χ0v) is 15.1. The van der Waals surface area contributed by atoms with Crippen molar-refractivity contribution >= 4 is 22.7 Å². The first-order valence-electron chi connectivity index (χ1n) is 9.22. The summed E-state index contributed by atoms with van der Waals surface area (Å²) in [6.07, 6.45) is 6.35. The minimum absolute atomic E-state index is 0.215. The molecular formula is C22H18N4O2. The molecule has 0 bridgehead atoms. The number of carbonyl (C=O) groups is 2. The second kappa shape index (κ2) is 6.49. The number of hydrogen-bond acceptors (Lipinski definition) is 3. The Balaban J connectivity index is 1.42. The van der Waals surface area contributed by atoms with E-state index in [0.717, 1.165) is 22.3 Å². The lowest BCUT2D eigenvalue weighted by Gasteiger charge is -2.14. The van der Waals surface area contributed by atoms with E-state index in [1.165, 1.54) is 4.90 Å². The lowest BCUT2D eigenvalue weighted by Crippen LogP contribution is -2.32. The molecule has 2 aromatic heterocycles. The normalized spacial score (nSPS) is 13.5. The molecule has 6 nitrogen and oxygen atoms in total. The van der Waals surface area contributed by atoms with Gasteiger partial charge in [0.05, 0.1) is 11.1 Å². The van der Waals surface area contributed by atoms with Crippen LogP contribution in [-0.4, -0.2) is 37.8 Å². The van der Waals surface area contributed by atoms with Gasteiger partial charge in [0.1, 0.15) is 5.82 Å². The summed E-state index contributed by atoms with van der Waals surface area (Å²) in [6.45, 7) is 0.884. The quantitative estimate of drug-likeness (QED) is 0.548. The van der Waals surface area contributed by atoms with Gasteiger partial charge in [-0.05, 0) is 23.8 Å². The van der Waals surface area contributed by atoms with Crippen molar-refractivity contribution in [1.29, 1.82) is 0 Å². The second-order valence-electron chi connectivity index (χ2n) is 6.89. The van der Waals surface area contributed by atoms with Gasteiger partial charge in [-0.25, -0.2) is 4.98 Å². The Morgan fingerprint density at radius 3 is 2.32 bits per heavy atom. The maximum atomic E-state index is 12.6. The summed E-state index contributed by atoms with van der Waals surface area (Å²) in [6, 6.07) is 15.2. The van der Waals surface area contributed by atoms with Crippen molar-refractivity contribution in [1.82, 2.24) is 19.4 Å². The van der Waals surface area contributed by atoms with E-state index in [-0.39, 0.29) is 11.8 Å². The molecule has 0 unspecified atom stereocenters. The van der Waals surface area contributed by atoms with Gasteiger partial charge in [0.25, 0.3) is 11.8 Å². The van der Waals surface area contributed by atoms with E-state index in [1.807, 2.05) is 18.3 Å². The number of amides is 2. The summed E-state index contributed by atoms with van der Waals surface area (Å²) < 4.78 is 2.11. The van der Waals surface area contributed by atoms with Crippen LogP contribution in [-0.2, 0) is 13.0 Å². The fourth-order valence-electron chi connectivity index (χ4n) is 3.87. The van der Waals surface area contributed by atoms with E-state index in [0.29, 0.717) is 30.6 Å². The van der Waals surface area contributed by atoms with Crippen molar-refractivity contribution in [2.45, 2.75) is 13.0 Å². The standard InChI is InChI=1S/C22H18N4O2/c27-21-17-6-1-2-7-18(17)22(28)26(21)12-11-25-14-15(13-20-23-9-10-24-20)16-5-3-4-8-19(16)25/h1-10,14H,11-13H2,(H,23,24). The van der Waals surface area contributed by atoms with Crippen molar-refractivity contribution in [3.05, 3.63) is 89.6 Å². The van der Waals surface area contributed by atoms with Gasteiger partial charge in [0, 0.05) is 49.0 Å². The lowest BCUT2D eigenvalue weighted by atomic mass is 10.1. The fraction of sp³-hybridized carbons (Fsp3) is 0.136. The van der Waals surface area contributed by atoms with Crippen LogP contribution in [0.15, 0.2) is 67.1 Å². The number of aromatic amines is 1. The van der Waals surface area contributed by atoms with Gasteiger partial charge in [-0.3, -0.25) is 14.5 Å². The fourth-order valence-corrected chi connectivity index (χ4v) is 3.87. The molecule has 0 saturated carbocycles. The maximum absolute atomic E-state index is 12.6. The van der Waals surface area contributed by atoms with Gasteiger partial charge in [0.15, 0.2) is 0 Å². The first kappa shape index (κ1) is 16.5. The number of H-pyrrole nitrogens is 1. The van der Waals surface area contributed by atoms with Gasteiger partial charge in [0.2, 0.25) is 0 Å². The predicted molar refractivity (Wildman–Crippen MR) is 105 cm³/mol. The largest absolute Gasteiger partial charge is 0.348 e. The molecule has 0 spiro atoms. The Hall–Kier alpha value is -3.67. The van der Waals surface area contributed by atoms with Crippen LogP contribution in [0, 0.1) is 0 Å². The third-order valence-electron chi connectivity index (χ3n) is 5.23. The molecule has 1 aliphatic rings. The van der Waals surface area contributed by atoms with Gasteiger partial charge >= 0.3 is 0 Å². The molecule has 28 heavy (non-hydrogen) atoms. The number of imide groups is 1. The average molecular weight is 370 g/mol. The highest BCUT2D eigenvalue weighted by molar-refractivity contribution is 6.21. The van der Waals surface area contributed by atoms with Crippen molar-refractivity contribution in [3.8, 4) is 0 Å². The molecule has 2 amide bonds. The van der Waals surface area contributed by atoms with Crippen LogP contribution in [0.4, 0.5) is 0 Å². The summed E-state index contributed by atoms with van der Waals surface area (Å²) in [5.74, 6) is 0.476. The highest BCUT2D eigenvalue weighted by Gasteiger charge is 2.34. The molecular weight excluding hydrogens is 352 g/mol. The maximum Gasteiger partial charge on any atom is 0.261 e. The van der Waals surface area contributed by atoms with Crippen LogP contribution in [0.1, 0.15) is 32.1 Å². The summed E-state index contributed by atoms with van der Waals surface area (Å²) in [7, 11) is 0. The molecule has 0 fully saturated rings. The van der Waals surface area contributed by atoms with Crippen LogP contribution in [0.25, 0.3) is 10.9 Å². The molecule has 2 aromatic carbocycles. The van der Waals surface area contributed by atoms with E-state index >= 15 is 0 Å². The lowest BCUT2D eigenvalue weighted by molar-refractivity contribution is 0.0649. The molecule has 4 aromatic rings. The number of imidazole rings is 1. The molecule has 6 heteroatoms. The molecule has 138 valence electrons. The van der Waals surface area contributed by atoms with Crippen LogP contribution in [0.3, 0.4) is 0 Å². The van der Waals surface area contributed by atoms with Gasteiger partial charge in [-0.15, -0.1) is 0 Å². The van der Waals surface area contributed by atoms with Crippen molar-refractivity contribution in [2.24, 2.45) is 0 Å². The number of aromatic nitrogens is 3. The van der Waals surface area contributed by atoms with E-state index in [2.05, 4.69) is 32.9 Å². The van der Waals surface area contributed by atoms with Crippen LogP contribution < -0.4 is 0 Å². The van der Waals surface area contributed by atoms with Crippen LogP contribution >= 0.6 is 0 Å². The van der Waals surface area contributed by atoms with E-state index in [9.17, 15) is 9.59 Å². The molecule has 0 atom stereocenters. The first-order valence-corrected chi connectivity index (χ1v) is 9.22. The highest BCUT2D eigenvalue weighted by atomic mass is 16.2. The summed E-state index contributed by atoms with van der Waals surface area (Å²) in [5.41, 5.74) is 3.22. The molecule has 3 heterocycles. The monoisotopic (exact) mass is 370 g/mol. The molecule has 0 saturated heterocycles. The highest BCUT2D eigenvalue weighted by Crippen LogP contribution is 2.25.